The zero-order chi connectivity index (χ0) is 16.6. The van der Waals surface area contributed by atoms with Crippen LogP contribution in [0, 0.1) is 11.8 Å². The lowest BCUT2D eigenvalue weighted by atomic mass is 9.82. The van der Waals surface area contributed by atoms with E-state index in [4.69, 9.17) is 4.74 Å². The van der Waals surface area contributed by atoms with Gasteiger partial charge in [-0.2, -0.15) is 0 Å². The van der Waals surface area contributed by atoms with Crippen LogP contribution >= 0.6 is 0 Å². The molecule has 1 fully saturated rings. The van der Waals surface area contributed by atoms with E-state index in [1.807, 2.05) is 13.0 Å². The van der Waals surface area contributed by atoms with Gasteiger partial charge < -0.3 is 4.74 Å². The quantitative estimate of drug-likeness (QED) is 0.489. The standard InChI is InChI=1S/C18H19NO4/c1-3-23-18(22)12-5-7-13(8-6-12)19-16(20)14-9-4-11(2)10-15(14)17(19)21/h4-8,14-15H,3,9-10H2,1-2H3/t14-,15-/m1/s1. The van der Waals surface area contributed by atoms with Gasteiger partial charge in [-0.25, -0.2) is 4.79 Å². The number of fused-ring (bicyclic) bond motifs is 1. The number of benzene rings is 1. The van der Waals surface area contributed by atoms with Gasteiger partial charge >= 0.3 is 5.97 Å². The highest BCUT2D eigenvalue weighted by Crippen LogP contribution is 2.39. The highest BCUT2D eigenvalue weighted by molar-refractivity contribution is 6.22. The van der Waals surface area contributed by atoms with Crippen LogP contribution in [0.25, 0.3) is 0 Å². The maximum absolute atomic E-state index is 12.6. The Hall–Kier alpha value is -2.43. The van der Waals surface area contributed by atoms with Crippen LogP contribution < -0.4 is 4.90 Å². The number of hydrogen-bond donors (Lipinski definition) is 0. The predicted octanol–water partition coefficient (Wildman–Crippen LogP) is 2.71. The van der Waals surface area contributed by atoms with E-state index in [9.17, 15) is 14.4 Å². The Morgan fingerprint density at radius 1 is 1.17 bits per heavy atom. The fraction of sp³-hybridized carbons (Fsp3) is 0.389. The molecule has 0 N–H and O–H groups in total. The average Bonchev–Trinajstić information content (AvgIpc) is 2.79. The van der Waals surface area contributed by atoms with Gasteiger partial charge in [0.1, 0.15) is 0 Å². The van der Waals surface area contributed by atoms with Gasteiger partial charge in [-0.05, 0) is 51.0 Å². The molecule has 1 aromatic rings. The van der Waals surface area contributed by atoms with E-state index in [2.05, 4.69) is 0 Å². The molecule has 120 valence electrons. The summed E-state index contributed by atoms with van der Waals surface area (Å²) in [5.74, 6) is -1.20. The van der Waals surface area contributed by atoms with E-state index >= 15 is 0 Å². The number of ether oxygens (including phenoxy) is 1. The van der Waals surface area contributed by atoms with Crippen molar-refractivity contribution in [3.63, 3.8) is 0 Å². The SMILES string of the molecule is CCOC(=O)c1ccc(N2C(=O)[C@@H]3CC=C(C)C[C@H]3C2=O)cc1. The molecule has 1 aliphatic carbocycles. The van der Waals surface area contributed by atoms with Crippen molar-refractivity contribution in [2.24, 2.45) is 11.8 Å². The molecule has 1 heterocycles. The molecular formula is C18H19NO4. The van der Waals surface area contributed by atoms with Gasteiger partial charge in [0.15, 0.2) is 0 Å². The van der Waals surface area contributed by atoms with Crippen molar-refractivity contribution in [1.29, 1.82) is 0 Å². The second-order valence-corrected chi connectivity index (χ2v) is 5.98. The van der Waals surface area contributed by atoms with Gasteiger partial charge in [0.2, 0.25) is 11.8 Å². The van der Waals surface area contributed by atoms with Gasteiger partial charge in [-0.3, -0.25) is 14.5 Å². The normalized spacial score (nSPS) is 23.6. The zero-order valence-corrected chi connectivity index (χ0v) is 13.2. The molecule has 5 heteroatoms. The molecule has 1 saturated heterocycles. The third-order valence-electron chi connectivity index (χ3n) is 4.46. The molecule has 1 aliphatic heterocycles. The molecule has 23 heavy (non-hydrogen) atoms. The summed E-state index contributed by atoms with van der Waals surface area (Å²) in [7, 11) is 0. The molecule has 2 amide bonds. The number of carbonyl (C=O) groups is 3. The summed E-state index contributed by atoms with van der Waals surface area (Å²) in [6.07, 6.45) is 3.31. The number of esters is 1. The van der Waals surface area contributed by atoms with Crippen LogP contribution in [0.2, 0.25) is 0 Å². The summed E-state index contributed by atoms with van der Waals surface area (Å²) in [6, 6.07) is 6.41. The summed E-state index contributed by atoms with van der Waals surface area (Å²) in [5, 5.41) is 0. The average molecular weight is 313 g/mol. The van der Waals surface area contributed by atoms with Gasteiger partial charge in [-0.1, -0.05) is 11.6 Å². The number of imide groups is 1. The van der Waals surface area contributed by atoms with Gasteiger partial charge in [0, 0.05) is 0 Å². The zero-order valence-electron chi connectivity index (χ0n) is 13.2. The second kappa shape index (κ2) is 5.99. The third-order valence-corrected chi connectivity index (χ3v) is 4.46. The lowest BCUT2D eigenvalue weighted by molar-refractivity contribution is -0.122. The lowest BCUT2D eigenvalue weighted by Crippen LogP contribution is -2.30. The van der Waals surface area contributed by atoms with Crippen molar-refractivity contribution in [2.75, 3.05) is 11.5 Å². The number of rotatable bonds is 3. The van der Waals surface area contributed by atoms with Crippen LogP contribution in [0.1, 0.15) is 37.0 Å². The molecule has 0 radical (unpaired) electrons. The van der Waals surface area contributed by atoms with Gasteiger partial charge in [-0.15, -0.1) is 0 Å². The predicted molar refractivity (Wildman–Crippen MR) is 84.9 cm³/mol. The minimum absolute atomic E-state index is 0.142. The number of amides is 2. The summed E-state index contributed by atoms with van der Waals surface area (Å²) < 4.78 is 4.93. The molecule has 0 aromatic heterocycles. The fourth-order valence-corrected chi connectivity index (χ4v) is 3.25. The summed E-state index contributed by atoms with van der Waals surface area (Å²) in [4.78, 5) is 38.1. The van der Waals surface area contributed by atoms with Gasteiger partial charge in [0.25, 0.3) is 0 Å². The lowest BCUT2D eigenvalue weighted by Gasteiger charge is -2.18. The number of allylic oxidation sites excluding steroid dienone is 2. The Labute approximate surface area is 134 Å². The Morgan fingerprint density at radius 2 is 1.83 bits per heavy atom. The molecule has 0 bridgehead atoms. The van der Waals surface area contributed by atoms with E-state index in [0.717, 1.165) is 5.57 Å². The molecule has 1 aromatic carbocycles. The molecular weight excluding hydrogens is 294 g/mol. The molecule has 3 rings (SSSR count). The Bertz CT molecular complexity index is 689. The fourth-order valence-electron chi connectivity index (χ4n) is 3.25. The summed E-state index contributed by atoms with van der Waals surface area (Å²) in [5.41, 5.74) is 2.08. The Kier molecular flexibility index (Phi) is 4.03. The van der Waals surface area contributed by atoms with Crippen LogP contribution in [-0.4, -0.2) is 24.4 Å². The smallest absolute Gasteiger partial charge is 0.338 e. The largest absolute Gasteiger partial charge is 0.462 e. The minimum atomic E-state index is -0.411. The number of anilines is 1. The van der Waals surface area contributed by atoms with Crippen molar-refractivity contribution in [2.45, 2.75) is 26.7 Å². The van der Waals surface area contributed by atoms with E-state index in [1.54, 1.807) is 31.2 Å². The van der Waals surface area contributed by atoms with Crippen molar-refractivity contribution in [1.82, 2.24) is 0 Å². The van der Waals surface area contributed by atoms with Crippen LogP contribution in [-0.2, 0) is 14.3 Å². The van der Waals surface area contributed by atoms with Crippen LogP contribution in [0.15, 0.2) is 35.9 Å². The first kappa shape index (κ1) is 15.5. The number of nitrogens with zero attached hydrogens (tertiary/aromatic N) is 1. The second-order valence-electron chi connectivity index (χ2n) is 5.98. The van der Waals surface area contributed by atoms with E-state index in [1.165, 1.54) is 4.90 Å². The molecule has 5 nitrogen and oxygen atoms in total. The monoisotopic (exact) mass is 313 g/mol. The van der Waals surface area contributed by atoms with Crippen molar-refractivity contribution < 1.29 is 19.1 Å². The van der Waals surface area contributed by atoms with Crippen LogP contribution in [0.5, 0.6) is 0 Å². The minimum Gasteiger partial charge on any atom is -0.462 e. The van der Waals surface area contributed by atoms with Crippen molar-refractivity contribution in [3.05, 3.63) is 41.5 Å². The van der Waals surface area contributed by atoms with E-state index < -0.39 is 5.97 Å². The number of carbonyl (C=O) groups excluding carboxylic acids is 3. The van der Waals surface area contributed by atoms with Crippen LogP contribution in [0.4, 0.5) is 5.69 Å². The Balaban J connectivity index is 1.84. The first-order valence-corrected chi connectivity index (χ1v) is 7.83. The maximum Gasteiger partial charge on any atom is 0.338 e. The molecule has 0 saturated carbocycles. The van der Waals surface area contributed by atoms with Crippen LogP contribution in [0.3, 0.4) is 0 Å². The first-order valence-electron chi connectivity index (χ1n) is 7.83. The van der Waals surface area contributed by atoms with Gasteiger partial charge in [0.05, 0.1) is 29.7 Å². The molecule has 2 aliphatic rings. The maximum atomic E-state index is 12.6. The third kappa shape index (κ3) is 2.67. The highest BCUT2D eigenvalue weighted by atomic mass is 16.5. The highest BCUT2D eigenvalue weighted by Gasteiger charge is 2.48. The Morgan fingerprint density at radius 3 is 2.48 bits per heavy atom. The number of hydrogen-bond acceptors (Lipinski definition) is 4. The summed E-state index contributed by atoms with van der Waals surface area (Å²) >= 11 is 0. The van der Waals surface area contributed by atoms with E-state index in [0.29, 0.717) is 30.7 Å². The van der Waals surface area contributed by atoms with E-state index in [-0.39, 0.29) is 23.7 Å². The molecule has 0 unspecified atom stereocenters. The summed E-state index contributed by atoms with van der Waals surface area (Å²) in [6.45, 7) is 4.04. The van der Waals surface area contributed by atoms with Crippen molar-refractivity contribution in [3.8, 4) is 0 Å². The molecule has 2 atom stereocenters. The van der Waals surface area contributed by atoms with Crippen molar-refractivity contribution >= 4 is 23.5 Å². The first-order chi connectivity index (χ1) is 11.0. The molecule has 0 spiro atoms. The topological polar surface area (TPSA) is 63.7 Å².